The summed E-state index contributed by atoms with van der Waals surface area (Å²) < 4.78 is 5.96. The van der Waals surface area contributed by atoms with Gasteiger partial charge in [-0.15, -0.1) is 11.3 Å². The zero-order chi connectivity index (χ0) is 18.0. The molecule has 0 spiro atoms. The normalized spacial score (nSPS) is 11.8. The highest BCUT2D eigenvalue weighted by Crippen LogP contribution is 2.29. The SMILES string of the molecule is COC(=O)c1cc(C)sc1NC(=O)C(C)n1nc([N+](=O)[O-])cc1C. The Morgan fingerprint density at radius 1 is 1.42 bits per heavy atom. The third kappa shape index (κ3) is 3.43. The maximum atomic E-state index is 12.4. The summed E-state index contributed by atoms with van der Waals surface area (Å²) in [4.78, 5) is 35.2. The molecule has 0 aliphatic carbocycles. The maximum absolute atomic E-state index is 12.4. The van der Waals surface area contributed by atoms with E-state index in [1.807, 2.05) is 0 Å². The minimum absolute atomic E-state index is 0.267. The molecule has 1 N–H and O–H groups in total. The third-order valence-electron chi connectivity index (χ3n) is 3.34. The number of aryl methyl sites for hydroxylation is 2. The highest BCUT2D eigenvalue weighted by Gasteiger charge is 2.26. The van der Waals surface area contributed by atoms with Crippen LogP contribution in [0.4, 0.5) is 10.8 Å². The summed E-state index contributed by atoms with van der Waals surface area (Å²) >= 11 is 1.24. The third-order valence-corrected chi connectivity index (χ3v) is 4.31. The van der Waals surface area contributed by atoms with Crippen molar-refractivity contribution in [1.82, 2.24) is 9.78 Å². The van der Waals surface area contributed by atoms with Gasteiger partial charge in [-0.2, -0.15) is 4.68 Å². The van der Waals surface area contributed by atoms with Crippen LogP contribution in [0.15, 0.2) is 12.1 Å². The summed E-state index contributed by atoms with van der Waals surface area (Å²) in [5.74, 6) is -1.31. The summed E-state index contributed by atoms with van der Waals surface area (Å²) in [5, 5.41) is 17.6. The molecule has 2 rings (SSSR count). The lowest BCUT2D eigenvalue weighted by molar-refractivity contribution is -0.389. The molecule has 128 valence electrons. The number of rotatable bonds is 5. The lowest BCUT2D eigenvalue weighted by atomic mass is 10.2. The molecule has 9 nitrogen and oxygen atoms in total. The molecule has 2 aromatic heterocycles. The Bertz CT molecular complexity index is 810. The largest absolute Gasteiger partial charge is 0.465 e. The van der Waals surface area contributed by atoms with E-state index in [9.17, 15) is 19.7 Å². The average molecular weight is 352 g/mol. The van der Waals surface area contributed by atoms with E-state index >= 15 is 0 Å². The van der Waals surface area contributed by atoms with Gasteiger partial charge >= 0.3 is 11.8 Å². The quantitative estimate of drug-likeness (QED) is 0.502. The standard InChI is InChI=1S/C14H16N4O5S/c1-7-5-11(18(21)22)16-17(7)9(3)12(19)15-13-10(14(20)23-4)6-8(2)24-13/h5-6,9H,1-4H3,(H,15,19). The lowest BCUT2D eigenvalue weighted by Crippen LogP contribution is -2.25. The van der Waals surface area contributed by atoms with E-state index in [0.29, 0.717) is 10.7 Å². The summed E-state index contributed by atoms with van der Waals surface area (Å²) in [5.41, 5.74) is 0.753. The first-order chi connectivity index (χ1) is 11.2. The molecule has 0 aliphatic rings. The summed E-state index contributed by atoms with van der Waals surface area (Å²) in [6, 6.07) is 2.13. The van der Waals surface area contributed by atoms with Crippen LogP contribution in [0.3, 0.4) is 0 Å². The van der Waals surface area contributed by atoms with Gasteiger partial charge in [-0.1, -0.05) is 0 Å². The van der Waals surface area contributed by atoms with E-state index in [-0.39, 0.29) is 11.4 Å². The molecule has 10 heteroatoms. The molecule has 0 saturated heterocycles. The number of hydrogen-bond donors (Lipinski definition) is 1. The van der Waals surface area contributed by atoms with Crippen molar-refractivity contribution in [2.75, 3.05) is 12.4 Å². The van der Waals surface area contributed by atoms with Crippen LogP contribution in [-0.2, 0) is 9.53 Å². The van der Waals surface area contributed by atoms with Crippen molar-refractivity contribution in [3.8, 4) is 0 Å². The molecule has 1 amide bonds. The van der Waals surface area contributed by atoms with Crippen molar-refractivity contribution in [1.29, 1.82) is 0 Å². The van der Waals surface area contributed by atoms with Gasteiger partial charge in [-0.3, -0.25) is 4.79 Å². The van der Waals surface area contributed by atoms with Gasteiger partial charge in [0.1, 0.15) is 11.0 Å². The molecule has 0 aromatic carbocycles. The van der Waals surface area contributed by atoms with Gasteiger partial charge in [-0.25, -0.2) is 4.79 Å². The Kier molecular flexibility index (Phi) is 4.98. The zero-order valence-electron chi connectivity index (χ0n) is 13.5. The van der Waals surface area contributed by atoms with Crippen LogP contribution in [0.1, 0.15) is 33.9 Å². The molecular formula is C14H16N4O5S. The Labute approximate surface area is 141 Å². The molecule has 1 atom stereocenters. The van der Waals surface area contributed by atoms with Crippen LogP contribution in [0.25, 0.3) is 0 Å². The first kappa shape index (κ1) is 17.6. The molecule has 24 heavy (non-hydrogen) atoms. The molecule has 0 saturated carbocycles. The first-order valence-electron chi connectivity index (χ1n) is 6.94. The molecule has 0 aliphatic heterocycles. The van der Waals surface area contributed by atoms with E-state index in [4.69, 9.17) is 0 Å². The van der Waals surface area contributed by atoms with Gasteiger partial charge in [0, 0.05) is 4.88 Å². The molecule has 0 bridgehead atoms. The van der Waals surface area contributed by atoms with Crippen molar-refractivity contribution in [3.63, 3.8) is 0 Å². The van der Waals surface area contributed by atoms with E-state index < -0.39 is 22.8 Å². The van der Waals surface area contributed by atoms with E-state index in [1.165, 1.54) is 29.2 Å². The van der Waals surface area contributed by atoms with Crippen molar-refractivity contribution < 1.29 is 19.2 Å². The summed E-state index contributed by atoms with van der Waals surface area (Å²) in [6.45, 7) is 4.99. The van der Waals surface area contributed by atoms with Crippen molar-refractivity contribution in [3.05, 3.63) is 38.4 Å². The van der Waals surface area contributed by atoms with Crippen molar-refractivity contribution in [2.45, 2.75) is 26.8 Å². The molecule has 2 aromatic rings. The molecular weight excluding hydrogens is 336 g/mol. The number of aromatic nitrogens is 2. The Morgan fingerprint density at radius 3 is 2.62 bits per heavy atom. The topological polar surface area (TPSA) is 116 Å². The van der Waals surface area contributed by atoms with Gasteiger partial charge in [0.05, 0.1) is 29.5 Å². The van der Waals surface area contributed by atoms with Gasteiger partial charge < -0.3 is 20.2 Å². The first-order valence-corrected chi connectivity index (χ1v) is 7.76. The minimum atomic E-state index is -0.786. The van der Waals surface area contributed by atoms with Gasteiger partial charge in [-0.05, 0) is 31.8 Å². The van der Waals surface area contributed by atoms with Gasteiger partial charge in [0.15, 0.2) is 0 Å². The second-order valence-electron chi connectivity index (χ2n) is 5.10. The minimum Gasteiger partial charge on any atom is -0.465 e. The van der Waals surface area contributed by atoms with Crippen LogP contribution in [0.2, 0.25) is 0 Å². The van der Waals surface area contributed by atoms with Gasteiger partial charge in [0.2, 0.25) is 0 Å². The Hall–Kier alpha value is -2.75. The zero-order valence-corrected chi connectivity index (χ0v) is 14.3. The Balaban J connectivity index is 2.24. The lowest BCUT2D eigenvalue weighted by Gasteiger charge is -2.11. The number of carbonyl (C=O) groups is 2. The predicted molar refractivity (Wildman–Crippen MR) is 87.4 cm³/mol. The van der Waals surface area contributed by atoms with Crippen LogP contribution in [-0.4, -0.2) is 33.7 Å². The van der Waals surface area contributed by atoms with E-state index in [1.54, 1.807) is 26.8 Å². The van der Waals surface area contributed by atoms with E-state index in [2.05, 4.69) is 15.2 Å². The molecule has 0 fully saturated rings. The van der Waals surface area contributed by atoms with E-state index in [0.717, 1.165) is 4.88 Å². The number of carbonyl (C=O) groups excluding carboxylic acids is 2. The van der Waals surface area contributed by atoms with Crippen molar-refractivity contribution in [2.24, 2.45) is 0 Å². The predicted octanol–water partition coefficient (Wildman–Crippen LogP) is 2.46. The second kappa shape index (κ2) is 6.79. The van der Waals surface area contributed by atoms with Crippen LogP contribution in [0.5, 0.6) is 0 Å². The number of anilines is 1. The number of esters is 1. The number of ether oxygens (including phenoxy) is 1. The monoisotopic (exact) mass is 352 g/mol. The van der Waals surface area contributed by atoms with Crippen LogP contribution >= 0.6 is 11.3 Å². The number of methoxy groups -OCH3 is 1. The fraction of sp³-hybridized carbons (Fsp3) is 0.357. The molecule has 2 heterocycles. The number of amides is 1. The number of thiophene rings is 1. The van der Waals surface area contributed by atoms with Crippen molar-refractivity contribution >= 4 is 34.0 Å². The highest BCUT2D eigenvalue weighted by atomic mass is 32.1. The Morgan fingerprint density at radius 2 is 2.08 bits per heavy atom. The number of nitrogens with zero attached hydrogens (tertiary/aromatic N) is 3. The molecule has 0 radical (unpaired) electrons. The fourth-order valence-electron chi connectivity index (χ4n) is 2.15. The fourth-order valence-corrected chi connectivity index (χ4v) is 3.05. The maximum Gasteiger partial charge on any atom is 0.390 e. The second-order valence-corrected chi connectivity index (χ2v) is 6.36. The smallest absolute Gasteiger partial charge is 0.390 e. The molecule has 1 unspecified atom stereocenters. The highest BCUT2D eigenvalue weighted by molar-refractivity contribution is 7.16. The number of nitrogens with one attached hydrogen (secondary N) is 1. The summed E-state index contributed by atoms with van der Waals surface area (Å²) in [7, 11) is 1.26. The number of hydrogen-bond acceptors (Lipinski definition) is 7. The van der Waals surface area contributed by atoms with Crippen LogP contribution < -0.4 is 5.32 Å². The summed E-state index contributed by atoms with van der Waals surface area (Å²) in [6.07, 6.45) is 0. The van der Waals surface area contributed by atoms with Crippen LogP contribution in [0, 0.1) is 24.0 Å². The number of nitro groups is 1. The average Bonchev–Trinajstić information content (AvgIpc) is 3.08. The van der Waals surface area contributed by atoms with Gasteiger partial charge in [0.25, 0.3) is 5.91 Å².